The lowest BCUT2D eigenvalue weighted by Gasteiger charge is -2.11. The third-order valence-corrected chi connectivity index (χ3v) is 1.54. The molecule has 13 heavy (non-hydrogen) atoms. The average molecular weight is 188 g/mol. The first kappa shape index (κ1) is 12.4. The topological polar surface area (TPSA) is 50.4 Å². The van der Waals surface area contributed by atoms with Crippen LogP contribution < -0.4 is 10.6 Å². The highest BCUT2D eigenvalue weighted by molar-refractivity contribution is 5.77. The molecule has 4 heteroatoms. The molecule has 0 fully saturated rings. The molecule has 0 aromatic rings. The van der Waals surface area contributed by atoms with Gasteiger partial charge in [0.05, 0.1) is 12.6 Å². The minimum absolute atomic E-state index is 0.0335. The van der Waals surface area contributed by atoms with Crippen LogP contribution in [0.2, 0.25) is 0 Å². The van der Waals surface area contributed by atoms with E-state index in [1.165, 1.54) is 0 Å². The lowest BCUT2D eigenvalue weighted by molar-refractivity contribution is -0.120. The Hall–Kier alpha value is -0.610. The Bertz CT molecular complexity index is 140. The first-order valence-corrected chi connectivity index (χ1v) is 4.79. The summed E-state index contributed by atoms with van der Waals surface area (Å²) in [7, 11) is 0. The van der Waals surface area contributed by atoms with Crippen LogP contribution in [-0.2, 0) is 9.53 Å². The molecule has 0 aliphatic carbocycles. The maximum Gasteiger partial charge on any atom is 0.233 e. The van der Waals surface area contributed by atoms with E-state index >= 15 is 0 Å². The van der Waals surface area contributed by atoms with E-state index in [-0.39, 0.29) is 12.0 Å². The molecule has 0 spiro atoms. The second-order valence-electron chi connectivity index (χ2n) is 2.85. The summed E-state index contributed by atoms with van der Waals surface area (Å²) < 4.78 is 5.29. The SMILES string of the molecule is CCNC(=O)CNCC(C)OCC. The molecule has 0 saturated heterocycles. The van der Waals surface area contributed by atoms with Gasteiger partial charge in [0.15, 0.2) is 0 Å². The number of carbonyl (C=O) groups is 1. The van der Waals surface area contributed by atoms with Crippen molar-refractivity contribution in [1.82, 2.24) is 10.6 Å². The zero-order valence-electron chi connectivity index (χ0n) is 8.72. The first-order valence-electron chi connectivity index (χ1n) is 4.79. The first-order chi connectivity index (χ1) is 6.20. The minimum Gasteiger partial charge on any atom is -0.377 e. The highest BCUT2D eigenvalue weighted by Crippen LogP contribution is 1.86. The molecule has 0 radical (unpaired) electrons. The predicted molar refractivity (Wildman–Crippen MR) is 52.6 cm³/mol. The zero-order valence-corrected chi connectivity index (χ0v) is 8.72. The number of ether oxygens (including phenoxy) is 1. The Morgan fingerprint density at radius 2 is 2.15 bits per heavy atom. The van der Waals surface area contributed by atoms with Crippen LogP contribution in [0.15, 0.2) is 0 Å². The second-order valence-corrected chi connectivity index (χ2v) is 2.85. The van der Waals surface area contributed by atoms with E-state index in [4.69, 9.17) is 4.74 Å². The van der Waals surface area contributed by atoms with Crippen molar-refractivity contribution in [2.75, 3.05) is 26.2 Å². The number of amides is 1. The number of likely N-dealkylation sites (N-methyl/N-ethyl adjacent to an activating group) is 1. The van der Waals surface area contributed by atoms with Crippen LogP contribution in [-0.4, -0.2) is 38.3 Å². The molecule has 0 heterocycles. The normalized spacial score (nSPS) is 12.5. The molecule has 0 aliphatic heterocycles. The van der Waals surface area contributed by atoms with Crippen molar-refractivity contribution >= 4 is 5.91 Å². The van der Waals surface area contributed by atoms with Crippen LogP contribution in [0.25, 0.3) is 0 Å². The number of rotatable bonds is 7. The molecule has 1 amide bonds. The van der Waals surface area contributed by atoms with Gasteiger partial charge in [-0.3, -0.25) is 4.79 Å². The van der Waals surface area contributed by atoms with E-state index in [1.807, 2.05) is 20.8 Å². The fourth-order valence-corrected chi connectivity index (χ4v) is 0.992. The molecule has 0 rings (SSSR count). The summed E-state index contributed by atoms with van der Waals surface area (Å²) in [6, 6.07) is 0. The summed E-state index contributed by atoms with van der Waals surface area (Å²) in [6.07, 6.45) is 0.166. The van der Waals surface area contributed by atoms with Gasteiger partial charge in [-0.15, -0.1) is 0 Å². The van der Waals surface area contributed by atoms with E-state index in [1.54, 1.807) is 0 Å². The number of carbonyl (C=O) groups excluding carboxylic acids is 1. The van der Waals surface area contributed by atoms with Crippen molar-refractivity contribution in [1.29, 1.82) is 0 Å². The summed E-state index contributed by atoms with van der Waals surface area (Å²) >= 11 is 0. The van der Waals surface area contributed by atoms with E-state index in [9.17, 15) is 4.79 Å². The average Bonchev–Trinajstić information content (AvgIpc) is 2.05. The van der Waals surface area contributed by atoms with Gasteiger partial charge in [-0.1, -0.05) is 0 Å². The quantitative estimate of drug-likeness (QED) is 0.597. The molecular formula is C9H20N2O2. The fraction of sp³-hybridized carbons (Fsp3) is 0.889. The van der Waals surface area contributed by atoms with Gasteiger partial charge < -0.3 is 15.4 Å². The van der Waals surface area contributed by atoms with Crippen molar-refractivity contribution in [2.24, 2.45) is 0 Å². The zero-order chi connectivity index (χ0) is 10.1. The number of hydrogen-bond acceptors (Lipinski definition) is 3. The molecular weight excluding hydrogens is 168 g/mol. The van der Waals surface area contributed by atoms with Crippen molar-refractivity contribution in [3.63, 3.8) is 0 Å². The third-order valence-electron chi connectivity index (χ3n) is 1.54. The van der Waals surface area contributed by atoms with Gasteiger partial charge in [-0.05, 0) is 20.8 Å². The highest BCUT2D eigenvalue weighted by Gasteiger charge is 2.02. The Labute approximate surface area is 80.0 Å². The Kier molecular flexibility index (Phi) is 7.63. The van der Waals surface area contributed by atoms with Gasteiger partial charge in [0.1, 0.15) is 0 Å². The predicted octanol–water partition coefficient (Wildman–Crippen LogP) is 0.137. The molecule has 2 N–H and O–H groups in total. The smallest absolute Gasteiger partial charge is 0.233 e. The number of hydrogen-bond donors (Lipinski definition) is 2. The monoisotopic (exact) mass is 188 g/mol. The molecule has 0 saturated carbocycles. The summed E-state index contributed by atoms with van der Waals surface area (Å²) in [4.78, 5) is 11.0. The summed E-state index contributed by atoms with van der Waals surface area (Å²) in [5, 5.41) is 5.73. The van der Waals surface area contributed by atoms with Crippen molar-refractivity contribution in [3.05, 3.63) is 0 Å². The van der Waals surface area contributed by atoms with Crippen molar-refractivity contribution in [3.8, 4) is 0 Å². The minimum atomic E-state index is 0.0335. The summed E-state index contributed by atoms with van der Waals surface area (Å²) in [6.45, 7) is 8.32. The van der Waals surface area contributed by atoms with Gasteiger partial charge in [-0.25, -0.2) is 0 Å². The van der Waals surface area contributed by atoms with Crippen LogP contribution in [0.1, 0.15) is 20.8 Å². The molecule has 1 atom stereocenters. The summed E-state index contributed by atoms with van der Waals surface area (Å²) in [5.74, 6) is 0.0335. The van der Waals surface area contributed by atoms with Gasteiger partial charge in [0.25, 0.3) is 0 Å². The maximum absolute atomic E-state index is 11.0. The Balaban J connectivity index is 3.28. The Morgan fingerprint density at radius 1 is 1.46 bits per heavy atom. The van der Waals surface area contributed by atoms with Crippen molar-refractivity contribution in [2.45, 2.75) is 26.9 Å². The molecule has 0 aromatic heterocycles. The maximum atomic E-state index is 11.0. The van der Waals surface area contributed by atoms with Crippen molar-refractivity contribution < 1.29 is 9.53 Å². The van der Waals surface area contributed by atoms with E-state index in [0.717, 1.165) is 0 Å². The molecule has 0 bridgehead atoms. The molecule has 4 nitrogen and oxygen atoms in total. The van der Waals surface area contributed by atoms with Gasteiger partial charge in [-0.2, -0.15) is 0 Å². The van der Waals surface area contributed by atoms with Gasteiger partial charge in [0, 0.05) is 19.7 Å². The van der Waals surface area contributed by atoms with E-state index in [0.29, 0.717) is 26.2 Å². The summed E-state index contributed by atoms with van der Waals surface area (Å²) in [5.41, 5.74) is 0. The second kappa shape index (κ2) is 8.01. The molecule has 78 valence electrons. The van der Waals surface area contributed by atoms with Gasteiger partial charge in [0.2, 0.25) is 5.91 Å². The number of nitrogens with one attached hydrogen (secondary N) is 2. The van der Waals surface area contributed by atoms with Crippen LogP contribution in [0.4, 0.5) is 0 Å². The van der Waals surface area contributed by atoms with Crippen LogP contribution in [0.5, 0.6) is 0 Å². The molecule has 0 aliphatic rings. The third kappa shape index (κ3) is 7.74. The van der Waals surface area contributed by atoms with Crippen LogP contribution in [0, 0.1) is 0 Å². The highest BCUT2D eigenvalue weighted by atomic mass is 16.5. The molecule has 1 unspecified atom stereocenters. The van der Waals surface area contributed by atoms with Gasteiger partial charge >= 0.3 is 0 Å². The largest absolute Gasteiger partial charge is 0.377 e. The Morgan fingerprint density at radius 3 is 2.69 bits per heavy atom. The van der Waals surface area contributed by atoms with E-state index < -0.39 is 0 Å². The van der Waals surface area contributed by atoms with Crippen LogP contribution >= 0.6 is 0 Å². The van der Waals surface area contributed by atoms with Crippen LogP contribution in [0.3, 0.4) is 0 Å². The van der Waals surface area contributed by atoms with E-state index in [2.05, 4.69) is 10.6 Å². The lowest BCUT2D eigenvalue weighted by Crippen LogP contribution is -2.37. The standard InChI is InChI=1S/C9H20N2O2/c1-4-11-9(12)7-10-6-8(3)13-5-2/h8,10H,4-7H2,1-3H3,(H,11,12). The lowest BCUT2D eigenvalue weighted by atomic mass is 10.4. The molecule has 0 aromatic carbocycles. The fourth-order valence-electron chi connectivity index (χ4n) is 0.992.